The van der Waals surface area contributed by atoms with Gasteiger partial charge in [0, 0.05) is 61.9 Å². The third kappa shape index (κ3) is 18.8. The Morgan fingerprint density at radius 2 is 0.910 bits per heavy atom. The Morgan fingerprint density at radius 1 is 0.470 bits per heavy atom. The fraction of sp³-hybridized carbons (Fsp3) is 0.325. The number of aromatic amines is 2. The molecular weight excluding hydrogens is 1310 g/mol. The number of benzene rings is 7. The second-order valence-electron chi connectivity index (χ2n) is 26.2. The van der Waals surface area contributed by atoms with Crippen LogP contribution in [0, 0.1) is 17.5 Å². The first kappa shape index (κ1) is 72.1. The monoisotopic (exact) mass is 1390 g/mol. The zero-order chi connectivity index (χ0) is 69.9. The topological polar surface area (TPSA) is 223 Å². The molecule has 0 saturated heterocycles. The molecule has 13 rings (SSSR count). The standard InChI is InChI=1S/C30H28F3N3O2.2C25H28ClN3O2/c31-22-11-6-7-19(16-22)15-21-10-4-5-12-24-28(30(38)34-26(18-37)20-8-2-1-3-9-20)35-36(29(21)24)27-14-13-23(32)17-25(27)33;2*26-20-11-6-9-18(14-20)13-19-10-4-5-12-22-23(19)28-29-24(22)25(31)27-21(16-30)15-17-7-2-1-3-8-17/h1-3,6-9,11,13-14,16-17,21,26,37H,4-5,10,12,15,18H2,(H,34,38);2*1-3,6-9,11,14,19,21,30H,4-5,10,12-13,15-16H2,(H,27,31)(H,28,29)/t21?,26-;2*19?,21-/m110/s1. The highest BCUT2D eigenvalue weighted by Gasteiger charge is 2.34. The minimum atomic E-state index is -0.798. The molecule has 7 aromatic carbocycles. The van der Waals surface area contributed by atoms with Crippen molar-refractivity contribution in [1.82, 2.24) is 46.1 Å². The molecule has 520 valence electrons. The summed E-state index contributed by atoms with van der Waals surface area (Å²) in [6, 6.07) is 53.0. The van der Waals surface area contributed by atoms with Gasteiger partial charge in [0.15, 0.2) is 22.9 Å². The Bertz CT molecular complexity index is 4180. The number of aliphatic hydroxyl groups is 3. The predicted octanol–water partition coefficient (Wildman–Crippen LogP) is 14.7. The Morgan fingerprint density at radius 3 is 1.39 bits per heavy atom. The van der Waals surface area contributed by atoms with E-state index in [0.717, 1.165) is 150 Å². The number of aromatic nitrogens is 6. The summed E-state index contributed by atoms with van der Waals surface area (Å²) < 4.78 is 44.1. The number of halogens is 5. The third-order valence-corrected chi connectivity index (χ3v) is 19.5. The summed E-state index contributed by atoms with van der Waals surface area (Å²) in [5, 5.41) is 59.5. The van der Waals surface area contributed by atoms with E-state index in [1.807, 2.05) is 133 Å². The lowest BCUT2D eigenvalue weighted by Gasteiger charge is -2.19. The molecule has 3 heterocycles. The van der Waals surface area contributed by atoms with Crippen LogP contribution < -0.4 is 16.0 Å². The van der Waals surface area contributed by atoms with Crippen molar-refractivity contribution in [2.24, 2.45) is 0 Å². The summed E-state index contributed by atoms with van der Waals surface area (Å²) in [4.78, 5) is 39.6. The highest BCUT2D eigenvalue weighted by atomic mass is 35.5. The fourth-order valence-corrected chi connectivity index (χ4v) is 14.6. The lowest BCUT2D eigenvalue weighted by atomic mass is 9.90. The Hall–Kier alpha value is -9.17. The van der Waals surface area contributed by atoms with Gasteiger partial charge in [0.05, 0.1) is 43.6 Å². The van der Waals surface area contributed by atoms with Gasteiger partial charge in [-0.25, -0.2) is 17.9 Å². The van der Waals surface area contributed by atoms with Gasteiger partial charge < -0.3 is 31.3 Å². The van der Waals surface area contributed by atoms with Crippen LogP contribution in [0.2, 0.25) is 10.0 Å². The Balaban J connectivity index is 0.000000152. The van der Waals surface area contributed by atoms with Crippen LogP contribution in [0.4, 0.5) is 13.2 Å². The summed E-state index contributed by atoms with van der Waals surface area (Å²) >= 11 is 12.3. The molecule has 6 atom stereocenters. The lowest BCUT2D eigenvalue weighted by Crippen LogP contribution is -2.39. The van der Waals surface area contributed by atoms with Gasteiger partial charge in [-0.1, -0.05) is 170 Å². The van der Waals surface area contributed by atoms with Gasteiger partial charge >= 0.3 is 0 Å². The molecule has 3 aliphatic rings. The van der Waals surface area contributed by atoms with Gasteiger partial charge in [0.1, 0.15) is 17.3 Å². The van der Waals surface area contributed by atoms with Gasteiger partial charge in [-0.15, -0.1) is 0 Å². The molecule has 15 nitrogen and oxygen atoms in total. The maximum atomic E-state index is 15.0. The number of rotatable bonds is 21. The lowest BCUT2D eigenvalue weighted by molar-refractivity contribution is 0.0902. The van der Waals surface area contributed by atoms with Gasteiger partial charge in [0.2, 0.25) is 0 Å². The van der Waals surface area contributed by atoms with Crippen molar-refractivity contribution >= 4 is 40.9 Å². The molecule has 3 aromatic heterocycles. The maximum Gasteiger partial charge on any atom is 0.272 e. The van der Waals surface area contributed by atoms with Crippen LogP contribution in [-0.2, 0) is 51.4 Å². The molecular formula is C80H84Cl2F3N9O6. The minimum Gasteiger partial charge on any atom is -0.394 e. The predicted molar refractivity (Wildman–Crippen MR) is 383 cm³/mol. The summed E-state index contributed by atoms with van der Waals surface area (Å²) in [6.45, 7) is -0.553. The molecule has 20 heteroatoms. The summed E-state index contributed by atoms with van der Waals surface area (Å²) in [6.07, 6.45) is 14.4. The average Bonchev–Trinajstić information content (AvgIpc) is 1.64. The van der Waals surface area contributed by atoms with Crippen LogP contribution in [-0.4, -0.2) is 95.1 Å². The number of nitrogens with zero attached hydrogens (tertiary/aromatic N) is 4. The Labute approximate surface area is 591 Å². The number of nitrogens with one attached hydrogen (secondary N) is 5. The zero-order valence-corrected chi connectivity index (χ0v) is 57.2. The maximum absolute atomic E-state index is 15.0. The SMILES string of the molecule is O=C(N[C@@H](CO)Cc1ccccc1)c1n[nH]c2c1CCCCC2Cc1cccc(Cl)c1.O=C(N[C@H](CO)Cc1ccccc1)c1n[nH]c2c1CCCCC2Cc1cccc(Cl)c1.O=C(N[C@H](CO)c1ccccc1)c1nn(-c2ccc(F)cc2F)c2c1CCCCC2Cc1cccc(F)c1. The number of hydrogen-bond acceptors (Lipinski definition) is 9. The normalized spacial score (nSPS) is 16.5. The quantitative estimate of drug-likeness (QED) is 0.0320. The van der Waals surface area contributed by atoms with Crippen LogP contribution in [0.3, 0.4) is 0 Å². The van der Waals surface area contributed by atoms with Crippen LogP contribution >= 0.6 is 23.2 Å². The van der Waals surface area contributed by atoms with E-state index in [4.69, 9.17) is 23.2 Å². The van der Waals surface area contributed by atoms with E-state index >= 15 is 4.39 Å². The van der Waals surface area contributed by atoms with Crippen LogP contribution in [0.1, 0.15) is 180 Å². The highest BCUT2D eigenvalue weighted by molar-refractivity contribution is 6.30. The summed E-state index contributed by atoms with van der Waals surface area (Å²) in [7, 11) is 0. The number of H-pyrrole nitrogens is 2. The molecule has 100 heavy (non-hydrogen) atoms. The minimum absolute atomic E-state index is 0.0367. The second kappa shape index (κ2) is 35.2. The van der Waals surface area contributed by atoms with Crippen LogP contribution in [0.25, 0.3) is 5.69 Å². The first-order valence-electron chi connectivity index (χ1n) is 34.5. The number of aliphatic hydroxyl groups excluding tert-OH is 3. The molecule has 0 radical (unpaired) electrons. The van der Waals surface area contributed by atoms with Crippen molar-refractivity contribution in [2.75, 3.05) is 19.8 Å². The molecule has 0 bridgehead atoms. The zero-order valence-electron chi connectivity index (χ0n) is 55.7. The number of carbonyl (C=O) groups excluding carboxylic acids is 3. The van der Waals surface area contributed by atoms with Gasteiger partial charge in [-0.05, 0) is 172 Å². The summed E-state index contributed by atoms with van der Waals surface area (Å²) in [5.74, 6) is -2.41. The van der Waals surface area contributed by atoms with Gasteiger partial charge in [-0.2, -0.15) is 15.3 Å². The van der Waals surface area contributed by atoms with Gasteiger partial charge in [-0.3, -0.25) is 24.6 Å². The third-order valence-electron chi connectivity index (χ3n) is 19.1. The first-order chi connectivity index (χ1) is 48.7. The van der Waals surface area contributed by atoms with E-state index in [1.54, 1.807) is 6.07 Å². The molecule has 0 aliphatic heterocycles. The van der Waals surface area contributed by atoms with Crippen molar-refractivity contribution in [2.45, 2.75) is 145 Å². The first-order valence-corrected chi connectivity index (χ1v) is 35.3. The van der Waals surface area contributed by atoms with Gasteiger partial charge in [0.25, 0.3) is 17.7 Å². The highest BCUT2D eigenvalue weighted by Crippen LogP contribution is 2.39. The molecule has 0 spiro atoms. The molecule has 3 amide bonds. The van der Waals surface area contributed by atoms with Crippen LogP contribution in [0.5, 0.6) is 0 Å². The molecule has 0 saturated carbocycles. The fourth-order valence-electron chi connectivity index (χ4n) is 14.2. The molecule has 0 fully saturated rings. The second-order valence-corrected chi connectivity index (χ2v) is 27.1. The van der Waals surface area contributed by atoms with Crippen molar-refractivity contribution in [3.63, 3.8) is 0 Å². The number of carbonyl (C=O) groups is 3. The van der Waals surface area contributed by atoms with E-state index in [1.165, 1.54) is 34.0 Å². The number of hydrogen-bond donors (Lipinski definition) is 8. The van der Waals surface area contributed by atoms with E-state index in [0.29, 0.717) is 48.3 Å². The molecule has 8 N–H and O–H groups in total. The Kier molecular flexibility index (Phi) is 25.4. The molecule has 10 aromatic rings. The molecule has 3 unspecified atom stereocenters. The van der Waals surface area contributed by atoms with Crippen molar-refractivity contribution in [3.05, 3.63) is 294 Å². The van der Waals surface area contributed by atoms with E-state index in [9.17, 15) is 38.5 Å². The van der Waals surface area contributed by atoms with E-state index in [2.05, 4.69) is 53.6 Å². The molecule has 3 aliphatic carbocycles. The summed E-state index contributed by atoms with van der Waals surface area (Å²) in [5.41, 5.74) is 12.6. The number of fused-ring (bicyclic) bond motifs is 3. The smallest absolute Gasteiger partial charge is 0.272 e. The number of amides is 3. The largest absolute Gasteiger partial charge is 0.394 e. The van der Waals surface area contributed by atoms with E-state index < -0.39 is 23.6 Å². The van der Waals surface area contributed by atoms with Crippen molar-refractivity contribution in [1.29, 1.82) is 0 Å². The van der Waals surface area contributed by atoms with Crippen molar-refractivity contribution < 1.29 is 42.9 Å². The van der Waals surface area contributed by atoms with E-state index in [-0.39, 0.29) is 78.7 Å². The van der Waals surface area contributed by atoms with Crippen LogP contribution in [0.15, 0.2) is 182 Å². The van der Waals surface area contributed by atoms with Crippen molar-refractivity contribution in [3.8, 4) is 5.69 Å². The average molecular weight is 1400 g/mol.